The zero-order valence-electron chi connectivity index (χ0n) is 10.7. The highest BCUT2D eigenvalue weighted by Gasteiger charge is 2.10. The molecular weight excluding hydrogens is 299 g/mol. The summed E-state index contributed by atoms with van der Waals surface area (Å²) in [4.78, 5) is 13.4. The Hall–Kier alpha value is -0.940. The molecular formula is C13H18BrFN2O. The van der Waals surface area contributed by atoms with Crippen molar-refractivity contribution in [1.82, 2.24) is 10.2 Å². The van der Waals surface area contributed by atoms with Gasteiger partial charge in [-0.05, 0) is 36.7 Å². The van der Waals surface area contributed by atoms with Gasteiger partial charge >= 0.3 is 0 Å². The van der Waals surface area contributed by atoms with Crippen LogP contribution in [0, 0.1) is 5.82 Å². The lowest BCUT2D eigenvalue weighted by atomic mass is 10.2. The minimum atomic E-state index is -0.268. The van der Waals surface area contributed by atoms with E-state index in [9.17, 15) is 9.18 Å². The molecule has 0 aliphatic rings. The third-order valence-electron chi connectivity index (χ3n) is 2.51. The Balaban J connectivity index is 2.72. The average Bonchev–Trinajstić information content (AvgIpc) is 2.27. The number of likely N-dealkylation sites (N-methyl/N-ethyl adjacent to an activating group) is 1. The third-order valence-corrected chi connectivity index (χ3v) is 2.97. The fourth-order valence-corrected chi connectivity index (χ4v) is 2.29. The first-order valence-corrected chi connectivity index (χ1v) is 6.72. The third kappa shape index (κ3) is 5.14. The van der Waals surface area contributed by atoms with Gasteiger partial charge in [0.25, 0.3) is 0 Å². The fraction of sp³-hybridized carbons (Fsp3) is 0.462. The Morgan fingerprint density at radius 3 is 2.72 bits per heavy atom. The second kappa shape index (κ2) is 7.48. The van der Waals surface area contributed by atoms with Crippen LogP contribution in [0.2, 0.25) is 0 Å². The van der Waals surface area contributed by atoms with Crippen molar-refractivity contribution in [3.63, 3.8) is 0 Å². The monoisotopic (exact) mass is 316 g/mol. The smallest absolute Gasteiger partial charge is 0.233 e. The fourth-order valence-electron chi connectivity index (χ4n) is 1.77. The summed E-state index contributed by atoms with van der Waals surface area (Å²) in [7, 11) is 1.62. The number of carbonyl (C=O) groups excluding carboxylic acids is 1. The molecule has 0 saturated carbocycles. The minimum Gasteiger partial charge on any atom is -0.358 e. The van der Waals surface area contributed by atoms with E-state index in [1.54, 1.807) is 7.05 Å². The molecule has 1 N–H and O–H groups in total. The maximum Gasteiger partial charge on any atom is 0.233 e. The average molecular weight is 317 g/mol. The van der Waals surface area contributed by atoms with Gasteiger partial charge in [0, 0.05) is 18.1 Å². The van der Waals surface area contributed by atoms with Gasteiger partial charge in [-0.2, -0.15) is 0 Å². The van der Waals surface area contributed by atoms with Crippen LogP contribution < -0.4 is 5.32 Å². The zero-order chi connectivity index (χ0) is 13.5. The topological polar surface area (TPSA) is 32.3 Å². The van der Waals surface area contributed by atoms with Crippen LogP contribution in [0.5, 0.6) is 0 Å². The first-order chi connectivity index (χ1) is 8.55. The molecule has 0 fully saturated rings. The lowest BCUT2D eigenvalue weighted by Crippen LogP contribution is -2.35. The molecule has 0 saturated heterocycles. The molecule has 1 amide bonds. The summed E-state index contributed by atoms with van der Waals surface area (Å²) in [5.41, 5.74) is 0.860. The van der Waals surface area contributed by atoms with Crippen molar-refractivity contribution in [2.24, 2.45) is 0 Å². The molecule has 3 nitrogen and oxygen atoms in total. The Morgan fingerprint density at radius 1 is 1.44 bits per heavy atom. The molecule has 1 rings (SSSR count). The molecule has 0 spiro atoms. The lowest BCUT2D eigenvalue weighted by molar-refractivity contribution is -0.121. The largest absolute Gasteiger partial charge is 0.358 e. The van der Waals surface area contributed by atoms with E-state index in [1.165, 1.54) is 12.1 Å². The van der Waals surface area contributed by atoms with E-state index < -0.39 is 0 Å². The number of nitrogens with zero attached hydrogens (tertiary/aromatic N) is 1. The van der Waals surface area contributed by atoms with Crippen LogP contribution in [0.3, 0.4) is 0 Å². The van der Waals surface area contributed by atoms with Crippen LogP contribution in [-0.4, -0.2) is 30.9 Å². The summed E-state index contributed by atoms with van der Waals surface area (Å²) >= 11 is 3.27. The standard InChI is InChI=1S/C13H18BrFN2O/c1-3-4-17(9-13(18)16-2)8-10-5-11(14)7-12(15)6-10/h5-7H,3-4,8-9H2,1-2H3,(H,16,18). The number of nitrogens with one attached hydrogen (secondary N) is 1. The highest BCUT2D eigenvalue weighted by atomic mass is 79.9. The van der Waals surface area contributed by atoms with E-state index >= 15 is 0 Å². The number of carbonyl (C=O) groups is 1. The number of benzene rings is 1. The van der Waals surface area contributed by atoms with Crippen LogP contribution in [0.25, 0.3) is 0 Å². The molecule has 0 aliphatic carbocycles. The van der Waals surface area contributed by atoms with Crippen molar-refractivity contribution >= 4 is 21.8 Å². The van der Waals surface area contributed by atoms with Crippen molar-refractivity contribution in [3.8, 4) is 0 Å². The number of hydrogen-bond acceptors (Lipinski definition) is 2. The first-order valence-electron chi connectivity index (χ1n) is 5.93. The van der Waals surface area contributed by atoms with Crippen molar-refractivity contribution in [1.29, 1.82) is 0 Å². The molecule has 0 bridgehead atoms. The summed E-state index contributed by atoms with van der Waals surface area (Å²) in [6, 6.07) is 4.79. The molecule has 100 valence electrons. The highest BCUT2D eigenvalue weighted by molar-refractivity contribution is 9.10. The minimum absolute atomic E-state index is 0.0288. The number of amides is 1. The van der Waals surface area contributed by atoms with Gasteiger partial charge in [-0.15, -0.1) is 0 Å². The van der Waals surface area contributed by atoms with Crippen LogP contribution >= 0.6 is 15.9 Å². The van der Waals surface area contributed by atoms with E-state index in [4.69, 9.17) is 0 Å². The quantitative estimate of drug-likeness (QED) is 0.874. The molecule has 0 aromatic heterocycles. The van der Waals surface area contributed by atoms with E-state index in [1.807, 2.05) is 11.0 Å². The molecule has 0 radical (unpaired) electrons. The van der Waals surface area contributed by atoms with Gasteiger partial charge in [-0.25, -0.2) is 4.39 Å². The number of hydrogen-bond donors (Lipinski definition) is 1. The van der Waals surface area contributed by atoms with Crippen LogP contribution in [-0.2, 0) is 11.3 Å². The second-order valence-corrected chi connectivity index (χ2v) is 5.08. The van der Waals surface area contributed by atoms with E-state index in [2.05, 4.69) is 28.2 Å². The van der Waals surface area contributed by atoms with Crippen molar-refractivity contribution < 1.29 is 9.18 Å². The molecule has 18 heavy (non-hydrogen) atoms. The number of rotatable bonds is 6. The van der Waals surface area contributed by atoms with Gasteiger partial charge in [0.1, 0.15) is 5.82 Å². The van der Waals surface area contributed by atoms with Gasteiger partial charge in [0.2, 0.25) is 5.91 Å². The molecule has 0 atom stereocenters. The van der Waals surface area contributed by atoms with Gasteiger partial charge < -0.3 is 5.32 Å². The lowest BCUT2D eigenvalue weighted by Gasteiger charge is -2.20. The molecule has 1 aromatic carbocycles. The van der Waals surface area contributed by atoms with Crippen LogP contribution in [0.15, 0.2) is 22.7 Å². The molecule has 0 heterocycles. The van der Waals surface area contributed by atoms with E-state index in [0.29, 0.717) is 17.6 Å². The Bertz CT molecular complexity index is 392. The molecule has 1 aromatic rings. The van der Waals surface area contributed by atoms with Crippen molar-refractivity contribution in [3.05, 3.63) is 34.1 Å². The van der Waals surface area contributed by atoms with Crippen molar-refractivity contribution in [2.75, 3.05) is 20.1 Å². The van der Waals surface area contributed by atoms with Gasteiger partial charge in [-0.1, -0.05) is 22.9 Å². The van der Waals surface area contributed by atoms with Gasteiger partial charge in [0.15, 0.2) is 0 Å². The predicted molar refractivity (Wildman–Crippen MR) is 73.7 cm³/mol. The Kier molecular flexibility index (Phi) is 6.29. The maximum absolute atomic E-state index is 13.3. The van der Waals surface area contributed by atoms with Gasteiger partial charge in [0.05, 0.1) is 6.54 Å². The SMILES string of the molecule is CCCN(CC(=O)NC)Cc1cc(F)cc(Br)c1. The zero-order valence-corrected chi connectivity index (χ0v) is 12.3. The maximum atomic E-state index is 13.3. The normalized spacial score (nSPS) is 10.7. The Labute approximate surface area is 115 Å². The van der Waals surface area contributed by atoms with Gasteiger partial charge in [-0.3, -0.25) is 9.69 Å². The van der Waals surface area contributed by atoms with E-state index in [0.717, 1.165) is 18.5 Å². The van der Waals surface area contributed by atoms with E-state index in [-0.39, 0.29) is 11.7 Å². The predicted octanol–water partition coefficient (Wildman–Crippen LogP) is 2.55. The summed E-state index contributed by atoms with van der Waals surface area (Å²) in [6.45, 7) is 3.76. The summed E-state index contributed by atoms with van der Waals surface area (Å²) in [6.07, 6.45) is 0.952. The second-order valence-electron chi connectivity index (χ2n) is 4.16. The first kappa shape index (κ1) is 15.1. The van der Waals surface area contributed by atoms with Crippen LogP contribution in [0.4, 0.5) is 4.39 Å². The molecule has 5 heteroatoms. The Morgan fingerprint density at radius 2 is 2.17 bits per heavy atom. The van der Waals surface area contributed by atoms with Crippen molar-refractivity contribution in [2.45, 2.75) is 19.9 Å². The summed E-state index contributed by atoms with van der Waals surface area (Å²) in [5.74, 6) is -0.297. The summed E-state index contributed by atoms with van der Waals surface area (Å²) in [5, 5.41) is 2.60. The summed E-state index contributed by atoms with van der Waals surface area (Å²) < 4.78 is 14.0. The number of halogens is 2. The highest BCUT2D eigenvalue weighted by Crippen LogP contribution is 2.16. The molecule has 0 aliphatic heterocycles. The molecule has 0 unspecified atom stereocenters. The van der Waals surface area contributed by atoms with Crippen LogP contribution in [0.1, 0.15) is 18.9 Å².